The number of carbonyl (C=O) groups is 9. The van der Waals surface area contributed by atoms with Crippen molar-refractivity contribution >= 4 is 77.1 Å². The van der Waals surface area contributed by atoms with Gasteiger partial charge in [0.1, 0.15) is 48.3 Å². The minimum absolute atomic E-state index is 0.0159. The lowest BCUT2D eigenvalue weighted by atomic mass is 9.96. The molecule has 0 aliphatic rings. The van der Waals surface area contributed by atoms with Crippen LogP contribution in [-0.2, 0) is 49.6 Å². The Bertz CT molecular complexity index is 2500. The highest BCUT2D eigenvalue weighted by Gasteiger charge is 2.36. The zero-order chi connectivity index (χ0) is 67.2. The number of hydrogen-bond acceptors (Lipinski definition) is 15. The van der Waals surface area contributed by atoms with E-state index in [0.29, 0.717) is 31.2 Å². The van der Waals surface area contributed by atoms with E-state index in [1.807, 2.05) is 13.8 Å². The van der Waals surface area contributed by atoms with E-state index in [2.05, 4.69) is 62.5 Å². The number of nitrogens with zero attached hydrogens (tertiary/aromatic N) is 4. The highest BCUT2D eigenvalue weighted by molar-refractivity contribution is 5.98. The number of carboxylic acids is 1. The SMILES string of the molecule is CC[C@H](C)[C@H](NC(=O)[C@H](CCCCN)NC(=O)[C@H](CCCN=C(N)N)NC(=O)[C@H](Cc1ccccc1)NC(=O)[C@H](CC(C)C)NC(=O)[C@@H](N)CCCN=C(N)N)C(=O)N[C@@H](CCCN=C(N)N)C(=O)N[C@@H](CC(C)C)C(=O)N[C@@H](CCCN=C(N)N)C(=O)O. The third kappa shape index (κ3) is 34.0. The third-order valence-corrected chi connectivity index (χ3v) is 14.0. The Kier molecular flexibility index (Phi) is 38.0. The first kappa shape index (κ1) is 78.5. The second kappa shape index (κ2) is 43.2. The second-order valence-corrected chi connectivity index (χ2v) is 22.8. The van der Waals surface area contributed by atoms with Gasteiger partial charge in [-0.05, 0) is 113 Å². The fourth-order valence-electron chi connectivity index (χ4n) is 9.04. The number of nitrogens with two attached hydrogens (primary N) is 10. The van der Waals surface area contributed by atoms with Gasteiger partial charge in [-0.3, -0.25) is 58.3 Å². The van der Waals surface area contributed by atoms with E-state index in [1.54, 1.807) is 58.0 Å². The van der Waals surface area contributed by atoms with Crippen LogP contribution < -0.4 is 99.9 Å². The topological polar surface area (TPSA) is 580 Å². The van der Waals surface area contributed by atoms with Crippen molar-refractivity contribution in [2.75, 3.05) is 32.7 Å². The molecule has 29 N–H and O–H groups in total. The molecule has 502 valence electrons. The zero-order valence-corrected chi connectivity index (χ0v) is 52.6. The van der Waals surface area contributed by atoms with Crippen LogP contribution in [0.4, 0.5) is 0 Å². The molecule has 0 unspecified atom stereocenters. The molecule has 0 saturated carbocycles. The number of amides is 8. The van der Waals surface area contributed by atoms with Crippen LogP contribution in [0.5, 0.6) is 0 Å². The summed E-state index contributed by atoms with van der Waals surface area (Å²) in [4.78, 5) is 142. The van der Waals surface area contributed by atoms with Crippen molar-refractivity contribution in [3.05, 3.63) is 35.9 Å². The Morgan fingerprint density at radius 2 is 0.764 bits per heavy atom. The van der Waals surface area contributed by atoms with Crippen molar-refractivity contribution < 1.29 is 48.3 Å². The quantitative estimate of drug-likeness (QED) is 0.0168. The van der Waals surface area contributed by atoms with Crippen molar-refractivity contribution in [1.29, 1.82) is 0 Å². The van der Waals surface area contributed by atoms with Gasteiger partial charge >= 0.3 is 5.97 Å². The molecule has 0 aliphatic carbocycles. The van der Waals surface area contributed by atoms with Gasteiger partial charge in [0.25, 0.3) is 0 Å². The zero-order valence-electron chi connectivity index (χ0n) is 52.6. The fraction of sp³-hybridized carbons (Fsp3) is 0.667. The van der Waals surface area contributed by atoms with Gasteiger partial charge in [-0.15, -0.1) is 0 Å². The maximum absolute atomic E-state index is 14.7. The number of nitrogens with one attached hydrogen (secondary N) is 8. The molecule has 0 heterocycles. The lowest BCUT2D eigenvalue weighted by molar-refractivity contribution is -0.142. The summed E-state index contributed by atoms with van der Waals surface area (Å²) in [5, 5.41) is 31.7. The maximum atomic E-state index is 14.7. The number of aliphatic imine (C=N–C) groups is 4. The van der Waals surface area contributed by atoms with Gasteiger partial charge in [-0.1, -0.05) is 78.3 Å². The molecule has 0 aliphatic heterocycles. The van der Waals surface area contributed by atoms with Crippen LogP contribution in [0.3, 0.4) is 0 Å². The number of hydrogen-bond donors (Lipinski definition) is 19. The second-order valence-electron chi connectivity index (χ2n) is 22.8. The van der Waals surface area contributed by atoms with Gasteiger partial charge in [0.15, 0.2) is 23.8 Å². The van der Waals surface area contributed by atoms with E-state index in [-0.39, 0.29) is 139 Å². The molecule has 1 aromatic carbocycles. The molecule has 8 amide bonds. The number of rotatable bonds is 45. The molecule has 0 bridgehead atoms. The van der Waals surface area contributed by atoms with Gasteiger partial charge in [0, 0.05) is 32.6 Å². The van der Waals surface area contributed by atoms with Gasteiger partial charge in [0.05, 0.1) is 6.04 Å². The number of unbranched alkanes of at least 4 members (excludes halogenated alkanes) is 1. The molecular formula is C57H104N22O10. The van der Waals surface area contributed by atoms with Crippen LogP contribution in [0, 0.1) is 17.8 Å². The van der Waals surface area contributed by atoms with Crippen molar-refractivity contribution in [1.82, 2.24) is 42.5 Å². The van der Waals surface area contributed by atoms with E-state index < -0.39 is 114 Å². The number of carboxylic acid groups (broad SMARTS) is 1. The summed E-state index contributed by atoms with van der Waals surface area (Å²) in [6, 6.07) is -2.73. The molecule has 0 radical (unpaired) electrons. The molecule has 32 heteroatoms. The average Bonchev–Trinajstić information content (AvgIpc) is 2.02. The number of carbonyl (C=O) groups excluding carboxylic acids is 8. The Morgan fingerprint density at radius 3 is 1.17 bits per heavy atom. The van der Waals surface area contributed by atoms with E-state index in [9.17, 15) is 48.3 Å². The molecule has 10 atom stereocenters. The summed E-state index contributed by atoms with van der Waals surface area (Å²) in [7, 11) is 0. The van der Waals surface area contributed by atoms with E-state index >= 15 is 0 Å². The van der Waals surface area contributed by atoms with Crippen LogP contribution >= 0.6 is 0 Å². The van der Waals surface area contributed by atoms with Crippen molar-refractivity contribution in [2.45, 2.75) is 192 Å². The number of guanidine groups is 4. The predicted octanol–water partition coefficient (Wildman–Crippen LogP) is -4.00. The van der Waals surface area contributed by atoms with Crippen molar-refractivity contribution in [2.24, 2.45) is 95.1 Å². The first-order valence-electron chi connectivity index (χ1n) is 30.4. The lowest BCUT2D eigenvalue weighted by Gasteiger charge is -2.30. The molecule has 1 aromatic rings. The van der Waals surface area contributed by atoms with E-state index in [4.69, 9.17) is 57.3 Å². The van der Waals surface area contributed by atoms with Crippen LogP contribution in [-0.4, -0.2) is 169 Å². The molecule has 0 spiro atoms. The minimum Gasteiger partial charge on any atom is -0.480 e. The van der Waals surface area contributed by atoms with Crippen LogP contribution in [0.2, 0.25) is 0 Å². The summed E-state index contributed by atoms with van der Waals surface area (Å²) >= 11 is 0. The number of benzene rings is 1. The Labute approximate surface area is 522 Å². The summed E-state index contributed by atoms with van der Waals surface area (Å²) < 4.78 is 0. The molecule has 89 heavy (non-hydrogen) atoms. The highest BCUT2D eigenvalue weighted by atomic mass is 16.4. The van der Waals surface area contributed by atoms with Gasteiger partial charge in [-0.2, -0.15) is 0 Å². The molecule has 0 saturated heterocycles. The van der Waals surface area contributed by atoms with Gasteiger partial charge in [-0.25, -0.2) is 4.79 Å². The van der Waals surface area contributed by atoms with Crippen molar-refractivity contribution in [3.8, 4) is 0 Å². The molecule has 0 fully saturated rings. The fourth-order valence-corrected chi connectivity index (χ4v) is 9.04. The third-order valence-electron chi connectivity index (χ3n) is 14.0. The van der Waals surface area contributed by atoms with E-state index in [0.717, 1.165) is 0 Å². The lowest BCUT2D eigenvalue weighted by Crippen LogP contribution is -2.61. The Balaban J connectivity index is 3.73. The molecule has 1 rings (SSSR count). The Hall–Kier alpha value is -8.55. The summed E-state index contributed by atoms with van der Waals surface area (Å²) in [5.41, 5.74) is 56.6. The summed E-state index contributed by atoms with van der Waals surface area (Å²) in [6.45, 7) is 11.4. The van der Waals surface area contributed by atoms with Crippen LogP contribution in [0.1, 0.15) is 137 Å². The van der Waals surface area contributed by atoms with Gasteiger partial charge in [0.2, 0.25) is 47.3 Å². The standard InChI is InChI=1S/C57H104N22O10/c1-7-34(6)44(52(87)74-39(22-15-27-70-56(64)65)47(82)77-42(30-33(4)5)49(84)75-40(53(88)89)23-16-28-71-57(66)67)79-48(83)37(20-11-12-24-58)72-46(81)38(21-14-26-69-55(62)63)73-51(86)43(31-35-17-9-8-10-18-35)78-50(85)41(29-32(2)3)76-45(80)36(59)19-13-25-68-54(60)61/h8-10,17-18,32-34,36-44H,7,11-16,19-31,58-59H2,1-6H3,(H,72,81)(H,73,86)(H,74,87)(H,75,84)(H,76,80)(H,77,82)(H,78,85)(H,79,83)(H,88,89)(H4,60,61,68)(H4,62,63,69)(H4,64,65,70)(H4,66,67,71)/t34-,36-,37-,38-,39-,40-,41-,42-,43-,44-/m0/s1. The average molecular weight is 1260 g/mol. The normalized spacial score (nSPS) is 14.4. The first-order valence-corrected chi connectivity index (χ1v) is 30.4. The van der Waals surface area contributed by atoms with Crippen LogP contribution in [0.25, 0.3) is 0 Å². The predicted molar refractivity (Wildman–Crippen MR) is 342 cm³/mol. The highest BCUT2D eigenvalue weighted by Crippen LogP contribution is 2.15. The molecule has 0 aromatic heterocycles. The largest absolute Gasteiger partial charge is 0.480 e. The Morgan fingerprint density at radius 1 is 0.427 bits per heavy atom. The smallest absolute Gasteiger partial charge is 0.326 e. The summed E-state index contributed by atoms with van der Waals surface area (Å²) in [6.07, 6.45) is 2.22. The van der Waals surface area contributed by atoms with Crippen molar-refractivity contribution in [3.63, 3.8) is 0 Å². The number of aliphatic carboxylic acids is 1. The van der Waals surface area contributed by atoms with Gasteiger partial charge < -0.3 is 105 Å². The summed E-state index contributed by atoms with van der Waals surface area (Å²) in [5.74, 6) is -9.05. The van der Waals surface area contributed by atoms with Crippen LogP contribution in [0.15, 0.2) is 50.3 Å². The molecule has 32 nitrogen and oxygen atoms in total. The monoisotopic (exact) mass is 1260 g/mol. The molecular weight excluding hydrogens is 1150 g/mol. The van der Waals surface area contributed by atoms with E-state index in [1.165, 1.54) is 0 Å². The first-order chi connectivity index (χ1) is 42.0. The maximum Gasteiger partial charge on any atom is 0.326 e. The minimum atomic E-state index is -1.38.